The van der Waals surface area contributed by atoms with E-state index in [0.717, 1.165) is 44.9 Å². The molecule has 0 bridgehead atoms. The Morgan fingerprint density at radius 3 is 2.65 bits per heavy atom. The Morgan fingerprint density at radius 2 is 1.90 bits per heavy atom. The minimum Gasteiger partial charge on any atom is -0.488 e. The van der Waals surface area contributed by atoms with Gasteiger partial charge in [0.1, 0.15) is 23.9 Å². The summed E-state index contributed by atoms with van der Waals surface area (Å²) in [5.41, 5.74) is 2.12. The van der Waals surface area contributed by atoms with Gasteiger partial charge in [-0.15, -0.1) is 11.3 Å². The van der Waals surface area contributed by atoms with E-state index in [2.05, 4.69) is 4.98 Å². The monoisotopic (exact) mass is 446 g/mol. The van der Waals surface area contributed by atoms with E-state index in [0.29, 0.717) is 11.4 Å². The fraction of sp³-hybridized carbons (Fsp3) is 0.182. The molecule has 0 atom stereocenters. The Balaban J connectivity index is 1.55. The molecular formula is C22H17F3N2O3S. The molecule has 0 saturated heterocycles. The lowest BCUT2D eigenvalue weighted by atomic mass is 10.2. The van der Waals surface area contributed by atoms with Crippen LogP contribution in [0.5, 0.6) is 5.75 Å². The van der Waals surface area contributed by atoms with Crippen molar-refractivity contribution >= 4 is 28.2 Å². The van der Waals surface area contributed by atoms with E-state index in [1.54, 1.807) is 23.6 Å². The molecule has 2 aromatic heterocycles. The van der Waals surface area contributed by atoms with Gasteiger partial charge >= 0.3 is 5.97 Å². The maximum Gasteiger partial charge on any atom is 0.323 e. The highest BCUT2D eigenvalue weighted by Crippen LogP contribution is 2.32. The number of thiazole rings is 1. The van der Waals surface area contributed by atoms with Gasteiger partial charge < -0.3 is 14.4 Å². The van der Waals surface area contributed by atoms with Crippen molar-refractivity contribution < 1.29 is 27.8 Å². The number of carbonyl (C=O) groups is 1. The van der Waals surface area contributed by atoms with E-state index >= 15 is 0 Å². The number of nitrogens with zero attached hydrogens (tertiary/aromatic N) is 2. The number of aliphatic carboxylic acids is 1. The SMILES string of the molecule is Cc1nc(-c2ccc(F)c(F)c2F)sc1COc1ccc2c(c1)cc(C)n2CC(=O)O. The minimum atomic E-state index is -1.53. The van der Waals surface area contributed by atoms with E-state index in [4.69, 9.17) is 9.84 Å². The van der Waals surface area contributed by atoms with E-state index in [1.165, 1.54) is 0 Å². The molecule has 0 radical (unpaired) electrons. The molecule has 1 N–H and O–H groups in total. The van der Waals surface area contributed by atoms with Gasteiger partial charge in [-0.2, -0.15) is 0 Å². The second kappa shape index (κ2) is 8.07. The topological polar surface area (TPSA) is 64.4 Å². The molecule has 0 unspecified atom stereocenters. The summed E-state index contributed by atoms with van der Waals surface area (Å²) in [7, 11) is 0. The van der Waals surface area contributed by atoms with Gasteiger partial charge in [-0.05, 0) is 50.2 Å². The molecule has 9 heteroatoms. The van der Waals surface area contributed by atoms with Gasteiger partial charge in [0.15, 0.2) is 17.5 Å². The van der Waals surface area contributed by atoms with E-state index in [9.17, 15) is 18.0 Å². The average molecular weight is 446 g/mol. The first-order valence-corrected chi connectivity index (χ1v) is 10.1. The van der Waals surface area contributed by atoms with Gasteiger partial charge in [-0.3, -0.25) is 4.79 Å². The Morgan fingerprint density at radius 1 is 1.13 bits per heavy atom. The largest absolute Gasteiger partial charge is 0.488 e. The Hall–Kier alpha value is -3.33. The van der Waals surface area contributed by atoms with Crippen LogP contribution < -0.4 is 4.74 Å². The van der Waals surface area contributed by atoms with Gasteiger partial charge in [-0.25, -0.2) is 18.2 Å². The lowest BCUT2D eigenvalue weighted by molar-refractivity contribution is -0.137. The highest BCUT2D eigenvalue weighted by molar-refractivity contribution is 7.15. The van der Waals surface area contributed by atoms with Crippen molar-refractivity contribution in [2.24, 2.45) is 0 Å². The zero-order valence-electron chi connectivity index (χ0n) is 16.6. The summed E-state index contributed by atoms with van der Waals surface area (Å²) in [5.74, 6) is -4.39. The van der Waals surface area contributed by atoms with Crippen LogP contribution in [0.2, 0.25) is 0 Å². The predicted octanol–water partition coefficient (Wildman–Crippen LogP) is 5.46. The van der Waals surface area contributed by atoms with Gasteiger partial charge in [0.2, 0.25) is 0 Å². The summed E-state index contributed by atoms with van der Waals surface area (Å²) in [4.78, 5) is 16.1. The summed E-state index contributed by atoms with van der Waals surface area (Å²) in [5, 5.41) is 10.2. The Labute approximate surface area is 179 Å². The maximum atomic E-state index is 14.1. The van der Waals surface area contributed by atoms with Gasteiger partial charge in [-0.1, -0.05) is 0 Å². The molecule has 160 valence electrons. The van der Waals surface area contributed by atoms with Gasteiger partial charge in [0.25, 0.3) is 0 Å². The molecule has 5 nitrogen and oxygen atoms in total. The second-order valence-corrected chi connectivity index (χ2v) is 8.11. The van der Waals surface area contributed by atoms with Crippen molar-refractivity contribution in [1.82, 2.24) is 9.55 Å². The van der Waals surface area contributed by atoms with Crippen LogP contribution in [-0.2, 0) is 17.9 Å². The molecule has 2 heterocycles. The fourth-order valence-corrected chi connectivity index (χ4v) is 4.33. The molecule has 0 aliphatic carbocycles. The molecule has 0 aliphatic heterocycles. The third kappa shape index (κ3) is 4.00. The van der Waals surface area contributed by atoms with Crippen molar-refractivity contribution in [3.8, 4) is 16.3 Å². The van der Waals surface area contributed by atoms with Crippen molar-refractivity contribution in [3.05, 3.63) is 70.1 Å². The number of benzene rings is 2. The first-order valence-electron chi connectivity index (χ1n) is 9.29. The molecule has 0 saturated carbocycles. The van der Waals surface area contributed by atoms with Crippen molar-refractivity contribution in [2.75, 3.05) is 0 Å². The number of aromatic nitrogens is 2. The van der Waals surface area contributed by atoms with Crippen LogP contribution in [-0.4, -0.2) is 20.6 Å². The van der Waals surface area contributed by atoms with Crippen LogP contribution >= 0.6 is 11.3 Å². The third-order valence-electron chi connectivity index (χ3n) is 4.90. The fourth-order valence-electron chi connectivity index (χ4n) is 3.34. The standard InChI is InChI=1S/C22H17F3N2O3S/c1-11-7-13-8-14(3-6-17(13)27(11)9-19(28)29)30-10-18-12(2)26-22(31-18)15-4-5-16(23)21(25)20(15)24/h3-8H,9-10H2,1-2H3,(H,28,29). The molecule has 0 amide bonds. The number of hydrogen-bond donors (Lipinski definition) is 1. The molecule has 0 aliphatic rings. The van der Waals surface area contributed by atoms with Gasteiger partial charge in [0, 0.05) is 22.2 Å². The van der Waals surface area contributed by atoms with Crippen LogP contribution in [0.4, 0.5) is 13.2 Å². The summed E-state index contributed by atoms with van der Waals surface area (Å²) in [6.07, 6.45) is 0. The summed E-state index contributed by atoms with van der Waals surface area (Å²) < 4.78 is 48.4. The Kier molecular flexibility index (Phi) is 5.45. The quantitative estimate of drug-likeness (QED) is 0.400. The molecule has 4 aromatic rings. The van der Waals surface area contributed by atoms with Gasteiger partial charge in [0.05, 0.1) is 10.6 Å². The molecule has 0 fully saturated rings. The minimum absolute atomic E-state index is 0.102. The van der Waals surface area contributed by atoms with Crippen LogP contribution in [0.3, 0.4) is 0 Å². The molecule has 2 aromatic carbocycles. The van der Waals surface area contributed by atoms with Crippen molar-refractivity contribution in [2.45, 2.75) is 27.0 Å². The van der Waals surface area contributed by atoms with Crippen molar-refractivity contribution in [3.63, 3.8) is 0 Å². The number of fused-ring (bicyclic) bond motifs is 1. The number of ether oxygens (including phenoxy) is 1. The number of aryl methyl sites for hydroxylation is 2. The summed E-state index contributed by atoms with van der Waals surface area (Å²) in [6.45, 7) is 3.60. The average Bonchev–Trinajstić information content (AvgIpc) is 3.23. The first-order chi connectivity index (χ1) is 14.7. The highest BCUT2D eigenvalue weighted by Gasteiger charge is 2.19. The van der Waals surface area contributed by atoms with Crippen LogP contribution in [0.1, 0.15) is 16.3 Å². The van der Waals surface area contributed by atoms with E-state index < -0.39 is 23.4 Å². The van der Waals surface area contributed by atoms with Crippen LogP contribution in [0.25, 0.3) is 21.5 Å². The molecule has 31 heavy (non-hydrogen) atoms. The molecule has 4 rings (SSSR count). The summed E-state index contributed by atoms with van der Waals surface area (Å²) >= 11 is 1.14. The Bertz CT molecular complexity index is 1310. The van der Waals surface area contributed by atoms with Crippen molar-refractivity contribution in [1.29, 1.82) is 0 Å². The van der Waals surface area contributed by atoms with E-state index in [1.807, 2.05) is 19.1 Å². The number of carboxylic acids is 1. The highest BCUT2D eigenvalue weighted by atomic mass is 32.1. The zero-order valence-corrected chi connectivity index (χ0v) is 17.4. The zero-order chi connectivity index (χ0) is 22.3. The summed E-state index contributed by atoms with van der Waals surface area (Å²) in [6, 6.07) is 9.26. The second-order valence-electron chi connectivity index (χ2n) is 7.03. The molecule has 0 spiro atoms. The first kappa shape index (κ1) is 20.9. The normalized spacial score (nSPS) is 11.3. The predicted molar refractivity (Wildman–Crippen MR) is 111 cm³/mol. The lowest BCUT2D eigenvalue weighted by Crippen LogP contribution is -2.09. The number of hydrogen-bond acceptors (Lipinski definition) is 4. The smallest absolute Gasteiger partial charge is 0.323 e. The van der Waals surface area contributed by atoms with Crippen LogP contribution in [0, 0.1) is 31.3 Å². The lowest BCUT2D eigenvalue weighted by Gasteiger charge is -2.07. The van der Waals surface area contributed by atoms with E-state index in [-0.39, 0.29) is 23.7 Å². The number of carboxylic acid groups (broad SMARTS) is 1. The van der Waals surface area contributed by atoms with Crippen LogP contribution in [0.15, 0.2) is 36.4 Å². The third-order valence-corrected chi connectivity index (χ3v) is 6.07. The molecular weight excluding hydrogens is 429 g/mol. The number of rotatable bonds is 6. The maximum absolute atomic E-state index is 14.1. The number of halogens is 3.